The fourth-order valence-electron chi connectivity index (χ4n) is 2.31. The summed E-state index contributed by atoms with van der Waals surface area (Å²) in [5.41, 5.74) is 1.51. The standard InChI is InChI=1S/C15H28N4O4S2/c1-6-18(7-2)14-8-10-15(11-9-14)19(24(5,20)21)13-12-16-25(22,23)17(3)4/h8-11,16H,6-7,12-13H2,1-5H3. The highest BCUT2D eigenvalue weighted by Gasteiger charge is 2.19. The zero-order valence-electron chi connectivity index (χ0n) is 15.4. The molecule has 0 unspecified atom stereocenters. The normalized spacial score (nSPS) is 12.4. The fourth-order valence-corrected chi connectivity index (χ4v) is 3.85. The molecule has 0 spiro atoms. The van der Waals surface area contributed by atoms with E-state index in [4.69, 9.17) is 0 Å². The minimum Gasteiger partial charge on any atom is -0.372 e. The van der Waals surface area contributed by atoms with E-state index in [1.165, 1.54) is 18.4 Å². The summed E-state index contributed by atoms with van der Waals surface area (Å²) in [7, 11) is -4.31. The maximum absolute atomic E-state index is 12.1. The molecule has 0 radical (unpaired) electrons. The number of nitrogens with zero attached hydrogens (tertiary/aromatic N) is 3. The molecule has 0 aromatic heterocycles. The van der Waals surface area contributed by atoms with Gasteiger partial charge in [0.2, 0.25) is 10.0 Å². The highest BCUT2D eigenvalue weighted by atomic mass is 32.2. The summed E-state index contributed by atoms with van der Waals surface area (Å²) in [6.07, 6.45) is 1.10. The van der Waals surface area contributed by atoms with Crippen LogP contribution in [0.15, 0.2) is 24.3 Å². The fraction of sp³-hybridized carbons (Fsp3) is 0.600. The molecule has 0 atom stereocenters. The van der Waals surface area contributed by atoms with E-state index in [2.05, 4.69) is 23.5 Å². The largest absolute Gasteiger partial charge is 0.372 e. The molecule has 1 aromatic rings. The Morgan fingerprint density at radius 3 is 1.80 bits per heavy atom. The minimum absolute atomic E-state index is 0.0104. The summed E-state index contributed by atoms with van der Waals surface area (Å²) in [5, 5.41) is 0. The average molecular weight is 393 g/mol. The predicted molar refractivity (Wildman–Crippen MR) is 103 cm³/mol. The van der Waals surface area contributed by atoms with Gasteiger partial charge in [-0.3, -0.25) is 4.31 Å². The van der Waals surface area contributed by atoms with Gasteiger partial charge in [-0.25, -0.2) is 13.1 Å². The zero-order valence-corrected chi connectivity index (χ0v) is 17.1. The van der Waals surface area contributed by atoms with Crippen LogP contribution < -0.4 is 13.9 Å². The third-order valence-corrected chi connectivity index (χ3v) is 6.47. The zero-order chi connectivity index (χ0) is 19.3. The molecule has 1 aromatic carbocycles. The molecule has 0 saturated heterocycles. The van der Waals surface area contributed by atoms with Crippen LogP contribution in [0.25, 0.3) is 0 Å². The van der Waals surface area contributed by atoms with E-state index in [1.54, 1.807) is 12.1 Å². The lowest BCUT2D eigenvalue weighted by Crippen LogP contribution is -2.42. The summed E-state index contributed by atoms with van der Waals surface area (Å²) >= 11 is 0. The van der Waals surface area contributed by atoms with Crippen molar-refractivity contribution in [3.8, 4) is 0 Å². The minimum atomic E-state index is -3.59. The van der Waals surface area contributed by atoms with Crippen LogP contribution in [0.5, 0.6) is 0 Å². The monoisotopic (exact) mass is 392 g/mol. The second kappa shape index (κ2) is 8.84. The van der Waals surface area contributed by atoms with Crippen molar-refractivity contribution in [2.75, 3.05) is 55.7 Å². The topological polar surface area (TPSA) is 90.0 Å². The Morgan fingerprint density at radius 1 is 0.920 bits per heavy atom. The lowest BCUT2D eigenvalue weighted by molar-refractivity contribution is 0.506. The molecule has 10 heteroatoms. The summed E-state index contributed by atoms with van der Waals surface area (Å²) in [4.78, 5) is 2.15. The Hall–Kier alpha value is -1.36. The Bertz CT molecular complexity index is 742. The van der Waals surface area contributed by atoms with Crippen molar-refractivity contribution in [1.82, 2.24) is 9.03 Å². The molecule has 0 aliphatic heterocycles. The van der Waals surface area contributed by atoms with Crippen LogP contribution in [0.1, 0.15) is 13.8 Å². The van der Waals surface area contributed by atoms with Crippen molar-refractivity contribution in [3.05, 3.63) is 24.3 Å². The molecule has 8 nitrogen and oxygen atoms in total. The molecule has 1 rings (SSSR count). The molecule has 1 N–H and O–H groups in total. The van der Waals surface area contributed by atoms with Crippen LogP contribution in [0.3, 0.4) is 0 Å². The average Bonchev–Trinajstić information content (AvgIpc) is 2.52. The number of hydrogen-bond donors (Lipinski definition) is 1. The summed E-state index contributed by atoms with van der Waals surface area (Å²) in [5.74, 6) is 0. The van der Waals surface area contributed by atoms with E-state index >= 15 is 0 Å². The highest BCUT2D eigenvalue weighted by molar-refractivity contribution is 7.92. The van der Waals surface area contributed by atoms with Crippen molar-refractivity contribution < 1.29 is 16.8 Å². The van der Waals surface area contributed by atoms with Crippen LogP contribution in [0.4, 0.5) is 11.4 Å². The Labute approximate surface area is 151 Å². The predicted octanol–water partition coefficient (Wildman–Crippen LogP) is 0.695. The molecule has 0 aliphatic rings. The quantitative estimate of drug-likeness (QED) is 0.633. The molecule has 25 heavy (non-hydrogen) atoms. The first kappa shape index (κ1) is 21.7. The number of sulfonamides is 1. The van der Waals surface area contributed by atoms with Crippen LogP contribution in [0.2, 0.25) is 0 Å². The Balaban J connectivity index is 2.94. The van der Waals surface area contributed by atoms with Gasteiger partial charge >= 0.3 is 0 Å². The van der Waals surface area contributed by atoms with Gasteiger partial charge in [0.25, 0.3) is 10.2 Å². The molecule has 144 valence electrons. The molecular formula is C15H28N4O4S2. The first-order valence-electron chi connectivity index (χ1n) is 8.02. The summed E-state index contributed by atoms with van der Waals surface area (Å²) in [6.45, 7) is 5.81. The molecule has 0 amide bonds. The van der Waals surface area contributed by atoms with E-state index < -0.39 is 20.2 Å². The van der Waals surface area contributed by atoms with E-state index in [9.17, 15) is 16.8 Å². The number of nitrogens with one attached hydrogen (secondary N) is 1. The van der Waals surface area contributed by atoms with Crippen molar-refractivity contribution in [2.45, 2.75) is 13.8 Å². The first-order chi connectivity index (χ1) is 11.5. The van der Waals surface area contributed by atoms with Crippen molar-refractivity contribution in [1.29, 1.82) is 0 Å². The van der Waals surface area contributed by atoms with E-state index in [1.807, 2.05) is 12.1 Å². The Morgan fingerprint density at radius 2 is 1.40 bits per heavy atom. The van der Waals surface area contributed by atoms with Crippen LogP contribution in [-0.4, -0.2) is 67.7 Å². The maximum atomic E-state index is 12.1. The van der Waals surface area contributed by atoms with E-state index in [0.717, 1.165) is 29.3 Å². The van der Waals surface area contributed by atoms with Crippen molar-refractivity contribution in [2.24, 2.45) is 0 Å². The third-order valence-electron chi connectivity index (χ3n) is 3.75. The molecule has 0 aliphatic carbocycles. The second-order valence-corrected chi connectivity index (χ2v) is 9.58. The number of anilines is 2. The lowest BCUT2D eigenvalue weighted by atomic mass is 10.2. The molecule has 0 bridgehead atoms. The molecule has 0 heterocycles. The maximum Gasteiger partial charge on any atom is 0.278 e. The SMILES string of the molecule is CCN(CC)c1ccc(N(CCNS(=O)(=O)N(C)C)S(C)(=O)=O)cc1. The lowest BCUT2D eigenvalue weighted by Gasteiger charge is -2.25. The van der Waals surface area contributed by atoms with Crippen LogP contribution >= 0.6 is 0 Å². The van der Waals surface area contributed by atoms with Gasteiger partial charge in [-0.1, -0.05) is 0 Å². The van der Waals surface area contributed by atoms with Gasteiger partial charge in [-0.2, -0.15) is 12.7 Å². The van der Waals surface area contributed by atoms with Crippen LogP contribution in [-0.2, 0) is 20.2 Å². The van der Waals surface area contributed by atoms with E-state index in [-0.39, 0.29) is 13.1 Å². The van der Waals surface area contributed by atoms with Gasteiger partial charge in [-0.05, 0) is 38.1 Å². The Kier molecular flexibility index (Phi) is 7.66. The van der Waals surface area contributed by atoms with Gasteiger partial charge in [0, 0.05) is 46.0 Å². The molecule has 0 saturated carbocycles. The molecular weight excluding hydrogens is 364 g/mol. The van der Waals surface area contributed by atoms with Crippen molar-refractivity contribution in [3.63, 3.8) is 0 Å². The van der Waals surface area contributed by atoms with Crippen molar-refractivity contribution >= 4 is 31.6 Å². The van der Waals surface area contributed by atoms with Gasteiger partial charge in [0.15, 0.2) is 0 Å². The summed E-state index contributed by atoms with van der Waals surface area (Å²) < 4.78 is 52.2. The second-order valence-electron chi connectivity index (χ2n) is 5.71. The van der Waals surface area contributed by atoms with Gasteiger partial charge in [-0.15, -0.1) is 0 Å². The van der Waals surface area contributed by atoms with Gasteiger partial charge in [0.1, 0.15) is 0 Å². The number of hydrogen-bond acceptors (Lipinski definition) is 5. The summed E-state index contributed by atoms with van der Waals surface area (Å²) in [6, 6.07) is 7.19. The van der Waals surface area contributed by atoms with Gasteiger partial charge in [0.05, 0.1) is 11.9 Å². The number of benzene rings is 1. The van der Waals surface area contributed by atoms with E-state index in [0.29, 0.717) is 5.69 Å². The molecule has 0 fully saturated rings. The van der Waals surface area contributed by atoms with Crippen LogP contribution in [0, 0.1) is 0 Å². The smallest absolute Gasteiger partial charge is 0.278 e. The van der Waals surface area contributed by atoms with Gasteiger partial charge < -0.3 is 4.90 Å². The number of rotatable bonds is 10. The highest BCUT2D eigenvalue weighted by Crippen LogP contribution is 2.22. The third kappa shape index (κ3) is 6.14. The first-order valence-corrected chi connectivity index (χ1v) is 11.3.